The zero-order valence-corrected chi connectivity index (χ0v) is 28.9. The molecule has 3 aliphatic heterocycles. The SMILES string of the molecule is C/C=C1/[C@H](O[C@@H]2O[C@H](COC(C)=O)[C@@H](OC(C)=O)[C@H](OC(C)=O)[C@H]2OC(C)=O)OC=C(C(=O)OC)[C@H]1CC(=O)OCc1ccc2c(c1)OCCO2. The Balaban J connectivity index is 1.60. The predicted octanol–water partition coefficient (Wildman–Crippen LogP) is 1.97. The van der Waals surface area contributed by atoms with Crippen LogP contribution in [0.15, 0.2) is 41.7 Å². The third-order valence-corrected chi connectivity index (χ3v) is 7.71. The van der Waals surface area contributed by atoms with Gasteiger partial charge in [-0.15, -0.1) is 0 Å². The highest BCUT2D eigenvalue weighted by Crippen LogP contribution is 2.38. The first-order chi connectivity index (χ1) is 24.3. The van der Waals surface area contributed by atoms with E-state index in [0.717, 1.165) is 41.1 Å². The lowest BCUT2D eigenvalue weighted by Gasteiger charge is -2.45. The van der Waals surface area contributed by atoms with Gasteiger partial charge in [0.1, 0.15) is 32.5 Å². The maximum Gasteiger partial charge on any atom is 0.337 e. The van der Waals surface area contributed by atoms with Crippen molar-refractivity contribution in [3.63, 3.8) is 0 Å². The number of fused-ring (bicyclic) bond motifs is 1. The Bertz CT molecular complexity index is 1550. The summed E-state index contributed by atoms with van der Waals surface area (Å²) < 4.78 is 61.0. The molecular formula is C34H40O17. The average Bonchev–Trinajstić information content (AvgIpc) is 3.08. The quantitative estimate of drug-likeness (QED) is 0.172. The fraction of sp³-hybridized carbons (Fsp3) is 0.529. The second-order valence-electron chi connectivity index (χ2n) is 11.4. The summed E-state index contributed by atoms with van der Waals surface area (Å²) in [5, 5.41) is 0. The molecule has 0 aromatic heterocycles. The molecule has 278 valence electrons. The summed E-state index contributed by atoms with van der Waals surface area (Å²) in [5.74, 6) is -4.52. The molecule has 0 spiro atoms. The molecule has 1 aromatic rings. The van der Waals surface area contributed by atoms with Gasteiger partial charge >= 0.3 is 35.8 Å². The minimum Gasteiger partial charge on any atom is -0.486 e. The minimum atomic E-state index is -1.61. The molecule has 3 heterocycles. The van der Waals surface area contributed by atoms with Crippen LogP contribution in [-0.4, -0.2) is 99.7 Å². The number of ether oxygens (including phenoxy) is 11. The Morgan fingerprint density at radius 1 is 0.824 bits per heavy atom. The summed E-state index contributed by atoms with van der Waals surface area (Å²) in [6, 6.07) is 5.14. The van der Waals surface area contributed by atoms with Crippen LogP contribution in [0.4, 0.5) is 0 Å². The average molecular weight is 721 g/mol. The van der Waals surface area contributed by atoms with E-state index in [9.17, 15) is 28.8 Å². The number of methoxy groups -OCH3 is 1. The highest BCUT2D eigenvalue weighted by atomic mass is 16.8. The van der Waals surface area contributed by atoms with Gasteiger partial charge in [0, 0.05) is 39.2 Å². The normalized spacial score (nSPS) is 26.0. The molecule has 17 nitrogen and oxygen atoms in total. The van der Waals surface area contributed by atoms with Gasteiger partial charge in [0.05, 0.1) is 25.4 Å². The lowest BCUT2D eigenvalue weighted by atomic mass is 9.86. The van der Waals surface area contributed by atoms with Crippen LogP contribution < -0.4 is 9.47 Å². The standard InChI is InChI=1S/C34H40O17/c1-7-22-23(13-28(39)45-14-21-8-9-25-26(12-21)43-11-10-42-25)24(32(40)41-6)15-46-33(22)51-34-31(49-20(5)38)30(48-19(4)37)29(47-18(3)36)27(50-34)16-44-17(2)35/h7-9,12,15,23,27,29-31,33-34H,10-11,13-14,16H2,1-6H3/b22-7+/t23-,27+,29+,30-,31+,33-,34-/m0/s1. The lowest BCUT2D eigenvalue weighted by Crippen LogP contribution is -2.63. The minimum absolute atomic E-state index is 0.0247. The number of hydrogen-bond acceptors (Lipinski definition) is 17. The Labute approximate surface area is 292 Å². The van der Waals surface area contributed by atoms with Crippen LogP contribution in [0.5, 0.6) is 11.5 Å². The molecule has 0 radical (unpaired) electrons. The van der Waals surface area contributed by atoms with E-state index in [1.54, 1.807) is 31.2 Å². The number of rotatable bonds is 12. The molecule has 1 saturated heterocycles. The number of allylic oxidation sites excluding steroid dienone is 1. The van der Waals surface area contributed by atoms with Gasteiger partial charge in [-0.3, -0.25) is 24.0 Å². The molecule has 0 unspecified atom stereocenters. The molecule has 1 aromatic carbocycles. The molecule has 4 rings (SSSR count). The molecule has 0 N–H and O–H groups in total. The van der Waals surface area contributed by atoms with Crippen molar-refractivity contribution in [2.45, 2.75) is 84.6 Å². The molecule has 17 heteroatoms. The zero-order chi connectivity index (χ0) is 37.2. The van der Waals surface area contributed by atoms with Crippen molar-refractivity contribution in [1.29, 1.82) is 0 Å². The summed E-state index contributed by atoms with van der Waals surface area (Å²) in [7, 11) is 1.16. The molecular weight excluding hydrogens is 680 g/mol. The van der Waals surface area contributed by atoms with Gasteiger partial charge < -0.3 is 52.1 Å². The second-order valence-corrected chi connectivity index (χ2v) is 11.4. The van der Waals surface area contributed by atoms with Crippen molar-refractivity contribution in [3.05, 3.63) is 47.2 Å². The first-order valence-corrected chi connectivity index (χ1v) is 15.9. The fourth-order valence-electron chi connectivity index (χ4n) is 5.61. The smallest absolute Gasteiger partial charge is 0.337 e. The highest BCUT2D eigenvalue weighted by Gasteiger charge is 2.54. The summed E-state index contributed by atoms with van der Waals surface area (Å²) >= 11 is 0. The molecule has 0 aliphatic carbocycles. The third kappa shape index (κ3) is 10.2. The van der Waals surface area contributed by atoms with Crippen LogP contribution >= 0.6 is 0 Å². The number of benzene rings is 1. The first kappa shape index (κ1) is 38.6. The maximum absolute atomic E-state index is 13.2. The van der Waals surface area contributed by atoms with E-state index in [1.165, 1.54) is 0 Å². The summed E-state index contributed by atoms with van der Waals surface area (Å²) in [4.78, 5) is 74.3. The van der Waals surface area contributed by atoms with Gasteiger partial charge in [-0.05, 0) is 24.6 Å². The largest absolute Gasteiger partial charge is 0.486 e. The van der Waals surface area contributed by atoms with E-state index in [1.807, 2.05) is 0 Å². The Morgan fingerprint density at radius 2 is 1.47 bits per heavy atom. The van der Waals surface area contributed by atoms with Gasteiger partial charge in [0.2, 0.25) is 12.6 Å². The monoisotopic (exact) mass is 720 g/mol. The van der Waals surface area contributed by atoms with Crippen LogP contribution in [-0.2, 0) is 78.0 Å². The van der Waals surface area contributed by atoms with Crippen LogP contribution in [0.25, 0.3) is 0 Å². The highest BCUT2D eigenvalue weighted by molar-refractivity contribution is 5.90. The van der Waals surface area contributed by atoms with E-state index in [4.69, 9.17) is 52.1 Å². The molecule has 0 saturated carbocycles. The number of carbonyl (C=O) groups excluding carboxylic acids is 6. The van der Waals surface area contributed by atoms with Crippen LogP contribution in [0, 0.1) is 5.92 Å². The Kier molecular flexibility index (Phi) is 13.4. The second kappa shape index (κ2) is 17.7. The summed E-state index contributed by atoms with van der Waals surface area (Å²) in [6.45, 7) is 6.23. The van der Waals surface area contributed by atoms with E-state index in [2.05, 4.69) is 0 Å². The molecule has 0 bridgehead atoms. The maximum atomic E-state index is 13.2. The van der Waals surface area contributed by atoms with Crippen molar-refractivity contribution < 1.29 is 80.9 Å². The molecule has 0 amide bonds. The summed E-state index contributed by atoms with van der Waals surface area (Å²) in [6.07, 6.45) is -6.49. The van der Waals surface area contributed by atoms with E-state index >= 15 is 0 Å². The van der Waals surface area contributed by atoms with Gasteiger partial charge in [-0.25, -0.2) is 4.79 Å². The molecule has 1 fully saturated rings. The van der Waals surface area contributed by atoms with Gasteiger partial charge in [-0.1, -0.05) is 12.1 Å². The zero-order valence-electron chi connectivity index (χ0n) is 28.9. The topological polar surface area (TPSA) is 204 Å². The van der Waals surface area contributed by atoms with E-state index < -0.39 is 85.3 Å². The van der Waals surface area contributed by atoms with Crippen molar-refractivity contribution in [1.82, 2.24) is 0 Å². The van der Waals surface area contributed by atoms with Crippen LogP contribution in [0.1, 0.15) is 46.6 Å². The number of carbonyl (C=O) groups is 6. The van der Waals surface area contributed by atoms with Crippen molar-refractivity contribution in [2.24, 2.45) is 5.92 Å². The van der Waals surface area contributed by atoms with Gasteiger partial charge in [0.25, 0.3) is 0 Å². The number of hydrogen-bond donors (Lipinski definition) is 0. The molecule has 7 atom stereocenters. The van der Waals surface area contributed by atoms with Crippen molar-refractivity contribution >= 4 is 35.8 Å². The van der Waals surface area contributed by atoms with Gasteiger partial charge in [-0.2, -0.15) is 0 Å². The Morgan fingerprint density at radius 3 is 2.10 bits per heavy atom. The molecule has 3 aliphatic rings. The number of esters is 6. The van der Waals surface area contributed by atoms with E-state index in [0.29, 0.717) is 30.3 Å². The fourth-order valence-corrected chi connectivity index (χ4v) is 5.61. The van der Waals surface area contributed by atoms with Crippen LogP contribution in [0.2, 0.25) is 0 Å². The lowest BCUT2D eigenvalue weighted by molar-refractivity contribution is -0.331. The van der Waals surface area contributed by atoms with Crippen molar-refractivity contribution in [3.8, 4) is 11.5 Å². The third-order valence-electron chi connectivity index (χ3n) is 7.71. The molecule has 51 heavy (non-hydrogen) atoms. The van der Waals surface area contributed by atoms with Crippen LogP contribution in [0.3, 0.4) is 0 Å². The van der Waals surface area contributed by atoms with Gasteiger partial charge in [0.15, 0.2) is 29.8 Å². The predicted molar refractivity (Wildman–Crippen MR) is 167 cm³/mol. The summed E-state index contributed by atoms with van der Waals surface area (Å²) in [5.41, 5.74) is 0.866. The first-order valence-electron chi connectivity index (χ1n) is 15.9. The Hall–Kier alpha value is -5.16. The van der Waals surface area contributed by atoms with Crippen molar-refractivity contribution in [2.75, 3.05) is 26.9 Å². The van der Waals surface area contributed by atoms with E-state index in [-0.39, 0.29) is 24.2 Å².